The maximum absolute atomic E-state index is 10.2. The molecule has 0 fully saturated rings. The fourth-order valence-corrected chi connectivity index (χ4v) is 1.90. The number of aliphatic hydroxyl groups excluding tert-OH is 2. The Balaban J connectivity index is 2.23. The van der Waals surface area contributed by atoms with Crippen LogP contribution < -0.4 is 9.47 Å². The molecule has 0 saturated heterocycles. The molecule has 0 aliphatic carbocycles. The molecule has 0 bridgehead atoms. The third-order valence-corrected chi connectivity index (χ3v) is 3.09. The van der Waals surface area contributed by atoms with E-state index < -0.39 is 12.2 Å². The first-order valence-corrected chi connectivity index (χ1v) is 6.15. The molecule has 0 spiro atoms. The molecule has 1 aromatic rings. The van der Waals surface area contributed by atoms with Crippen LogP contribution in [0.25, 0.3) is 0 Å². The Morgan fingerprint density at radius 1 is 1.06 bits per heavy atom. The number of hydrogen-bond donors (Lipinski definition) is 2. The van der Waals surface area contributed by atoms with Crippen LogP contribution in [0.2, 0.25) is 0 Å². The largest absolute Gasteiger partial charge is 0.486 e. The van der Waals surface area contributed by atoms with E-state index in [1.807, 2.05) is 20.8 Å². The molecule has 0 radical (unpaired) electrons. The molecule has 4 heteroatoms. The second kappa shape index (κ2) is 4.78. The highest BCUT2D eigenvalue weighted by Crippen LogP contribution is 2.36. The summed E-state index contributed by atoms with van der Waals surface area (Å²) in [5, 5.41) is 20.3. The molecule has 2 rings (SSSR count). The van der Waals surface area contributed by atoms with Crippen molar-refractivity contribution in [3.05, 3.63) is 23.8 Å². The maximum atomic E-state index is 10.2. The Morgan fingerprint density at radius 2 is 1.67 bits per heavy atom. The summed E-state index contributed by atoms with van der Waals surface area (Å²) < 4.78 is 10.9. The first kappa shape index (κ1) is 13.2. The van der Waals surface area contributed by atoms with Crippen LogP contribution in [0.15, 0.2) is 18.2 Å². The van der Waals surface area contributed by atoms with E-state index in [0.29, 0.717) is 30.3 Å². The van der Waals surface area contributed by atoms with Gasteiger partial charge in [0.05, 0.1) is 6.10 Å². The molecular formula is C14H20O4. The molecule has 1 aliphatic rings. The summed E-state index contributed by atoms with van der Waals surface area (Å²) >= 11 is 0. The van der Waals surface area contributed by atoms with Crippen LogP contribution in [-0.4, -0.2) is 29.5 Å². The lowest BCUT2D eigenvalue weighted by molar-refractivity contribution is -0.0459. The number of rotatable bonds is 2. The van der Waals surface area contributed by atoms with Crippen molar-refractivity contribution in [2.45, 2.75) is 33.0 Å². The Labute approximate surface area is 107 Å². The highest BCUT2D eigenvalue weighted by molar-refractivity contribution is 5.44. The fraction of sp³-hybridized carbons (Fsp3) is 0.571. The molecule has 1 aliphatic heterocycles. The summed E-state index contributed by atoms with van der Waals surface area (Å²) in [7, 11) is 0. The van der Waals surface area contributed by atoms with E-state index in [1.54, 1.807) is 18.2 Å². The van der Waals surface area contributed by atoms with Gasteiger partial charge in [0.1, 0.15) is 19.3 Å². The molecule has 2 atom stereocenters. The summed E-state index contributed by atoms with van der Waals surface area (Å²) in [4.78, 5) is 0. The van der Waals surface area contributed by atoms with Crippen LogP contribution in [-0.2, 0) is 0 Å². The molecular weight excluding hydrogens is 232 g/mol. The van der Waals surface area contributed by atoms with Crippen LogP contribution in [0.1, 0.15) is 32.4 Å². The normalized spacial score (nSPS) is 18.3. The zero-order chi connectivity index (χ0) is 13.3. The summed E-state index contributed by atoms with van der Waals surface area (Å²) in [5.41, 5.74) is 0.258. The molecule has 1 aromatic carbocycles. The number of ether oxygens (including phenoxy) is 2. The molecule has 18 heavy (non-hydrogen) atoms. The van der Waals surface area contributed by atoms with Crippen molar-refractivity contribution >= 4 is 0 Å². The molecule has 100 valence electrons. The van der Waals surface area contributed by atoms with Gasteiger partial charge in [-0.1, -0.05) is 26.8 Å². The van der Waals surface area contributed by atoms with E-state index in [0.717, 1.165) is 0 Å². The first-order chi connectivity index (χ1) is 8.39. The predicted molar refractivity (Wildman–Crippen MR) is 67.9 cm³/mol. The molecule has 0 amide bonds. The molecule has 4 nitrogen and oxygen atoms in total. The van der Waals surface area contributed by atoms with Crippen LogP contribution in [0.4, 0.5) is 0 Å². The van der Waals surface area contributed by atoms with Gasteiger partial charge in [0.25, 0.3) is 0 Å². The standard InChI is InChI=1S/C14H20O4/c1-14(2,3)13(16)12(15)9-4-5-10-11(8-9)18-7-6-17-10/h4-5,8,12-13,15-16H,6-7H2,1-3H3. The van der Waals surface area contributed by atoms with Crippen molar-refractivity contribution in [1.82, 2.24) is 0 Å². The molecule has 2 unspecified atom stereocenters. The van der Waals surface area contributed by atoms with Crippen molar-refractivity contribution in [2.24, 2.45) is 5.41 Å². The van der Waals surface area contributed by atoms with Crippen LogP contribution in [0.5, 0.6) is 11.5 Å². The summed E-state index contributed by atoms with van der Waals surface area (Å²) in [6.07, 6.45) is -1.76. The lowest BCUT2D eigenvalue weighted by Crippen LogP contribution is -2.32. The van der Waals surface area contributed by atoms with Gasteiger partial charge < -0.3 is 19.7 Å². The minimum Gasteiger partial charge on any atom is -0.486 e. The van der Waals surface area contributed by atoms with Crippen LogP contribution in [0.3, 0.4) is 0 Å². The predicted octanol–water partition coefficient (Wildman–Crippen LogP) is 1.90. The summed E-state index contributed by atoms with van der Waals surface area (Å²) in [5.74, 6) is 1.31. The van der Waals surface area contributed by atoms with E-state index in [-0.39, 0.29) is 5.41 Å². The quantitative estimate of drug-likeness (QED) is 0.844. The van der Waals surface area contributed by atoms with E-state index in [4.69, 9.17) is 9.47 Å². The average Bonchev–Trinajstić information content (AvgIpc) is 2.35. The maximum Gasteiger partial charge on any atom is 0.161 e. The number of hydrogen-bond acceptors (Lipinski definition) is 4. The lowest BCUT2D eigenvalue weighted by Gasteiger charge is -2.30. The fourth-order valence-electron chi connectivity index (χ4n) is 1.90. The van der Waals surface area contributed by atoms with Gasteiger partial charge in [-0.05, 0) is 23.1 Å². The highest BCUT2D eigenvalue weighted by atomic mass is 16.6. The van der Waals surface area contributed by atoms with Gasteiger partial charge in [0.15, 0.2) is 11.5 Å². The Morgan fingerprint density at radius 3 is 2.28 bits per heavy atom. The van der Waals surface area contributed by atoms with Crippen molar-refractivity contribution in [1.29, 1.82) is 0 Å². The topological polar surface area (TPSA) is 58.9 Å². The third-order valence-electron chi connectivity index (χ3n) is 3.09. The number of benzene rings is 1. The van der Waals surface area contributed by atoms with Gasteiger partial charge in [-0.25, -0.2) is 0 Å². The Kier molecular flexibility index (Phi) is 3.50. The van der Waals surface area contributed by atoms with Crippen molar-refractivity contribution in [3.8, 4) is 11.5 Å². The molecule has 2 N–H and O–H groups in total. The second-order valence-electron chi connectivity index (χ2n) is 5.66. The zero-order valence-corrected chi connectivity index (χ0v) is 11.0. The highest BCUT2D eigenvalue weighted by Gasteiger charge is 2.30. The van der Waals surface area contributed by atoms with E-state index in [1.165, 1.54) is 0 Å². The third kappa shape index (κ3) is 2.60. The van der Waals surface area contributed by atoms with Gasteiger partial charge >= 0.3 is 0 Å². The zero-order valence-electron chi connectivity index (χ0n) is 11.0. The molecule has 1 heterocycles. The monoisotopic (exact) mass is 252 g/mol. The molecule has 0 aromatic heterocycles. The summed E-state index contributed by atoms with van der Waals surface area (Å²) in [6, 6.07) is 5.25. The van der Waals surface area contributed by atoms with Crippen molar-refractivity contribution in [2.75, 3.05) is 13.2 Å². The van der Waals surface area contributed by atoms with Gasteiger partial charge in [-0.3, -0.25) is 0 Å². The number of fused-ring (bicyclic) bond motifs is 1. The van der Waals surface area contributed by atoms with Crippen molar-refractivity contribution in [3.63, 3.8) is 0 Å². The Hall–Kier alpha value is -1.26. The Bertz CT molecular complexity index is 422. The van der Waals surface area contributed by atoms with Gasteiger partial charge in [-0.2, -0.15) is 0 Å². The lowest BCUT2D eigenvalue weighted by atomic mass is 9.83. The van der Waals surface area contributed by atoms with Gasteiger partial charge in [-0.15, -0.1) is 0 Å². The SMILES string of the molecule is CC(C)(C)C(O)C(O)c1ccc2c(c1)OCCO2. The average molecular weight is 252 g/mol. The van der Waals surface area contributed by atoms with Crippen molar-refractivity contribution < 1.29 is 19.7 Å². The van der Waals surface area contributed by atoms with Crippen LogP contribution >= 0.6 is 0 Å². The first-order valence-electron chi connectivity index (χ1n) is 6.15. The van der Waals surface area contributed by atoms with E-state index in [2.05, 4.69) is 0 Å². The van der Waals surface area contributed by atoms with E-state index in [9.17, 15) is 10.2 Å². The van der Waals surface area contributed by atoms with E-state index >= 15 is 0 Å². The molecule has 0 saturated carbocycles. The number of aliphatic hydroxyl groups is 2. The van der Waals surface area contributed by atoms with Gasteiger partial charge in [0, 0.05) is 0 Å². The minimum atomic E-state index is -0.930. The smallest absolute Gasteiger partial charge is 0.161 e. The van der Waals surface area contributed by atoms with Gasteiger partial charge in [0.2, 0.25) is 0 Å². The summed E-state index contributed by atoms with van der Waals surface area (Å²) in [6.45, 7) is 6.71. The van der Waals surface area contributed by atoms with Crippen LogP contribution in [0, 0.1) is 5.41 Å². The minimum absolute atomic E-state index is 0.382. The second-order valence-corrected chi connectivity index (χ2v) is 5.66.